The smallest absolute Gasteiger partial charge is 0.255 e. The summed E-state index contributed by atoms with van der Waals surface area (Å²) in [4.78, 5) is 14.4. The maximum atomic E-state index is 12.8. The fourth-order valence-corrected chi connectivity index (χ4v) is 5.38. The molecule has 1 amide bonds. The molecular formula is C18H17BrClNO3S. The Hall–Kier alpha value is -1.37. The third-order valence-corrected chi connectivity index (χ3v) is 7.31. The summed E-state index contributed by atoms with van der Waals surface area (Å²) >= 11 is 9.48. The van der Waals surface area contributed by atoms with E-state index in [1.54, 1.807) is 23.1 Å². The van der Waals surface area contributed by atoms with E-state index in [0.717, 1.165) is 10.0 Å². The maximum absolute atomic E-state index is 12.8. The molecule has 132 valence electrons. The van der Waals surface area contributed by atoms with Crippen molar-refractivity contribution in [1.82, 2.24) is 4.90 Å². The molecule has 1 aliphatic heterocycles. The zero-order valence-corrected chi connectivity index (χ0v) is 16.5. The van der Waals surface area contributed by atoms with Gasteiger partial charge in [0.05, 0.1) is 21.6 Å². The summed E-state index contributed by atoms with van der Waals surface area (Å²) in [5.74, 6) is -0.292. The minimum Gasteiger partial charge on any atom is -0.338 e. The van der Waals surface area contributed by atoms with Gasteiger partial charge in [-0.2, -0.15) is 0 Å². The van der Waals surface area contributed by atoms with E-state index in [2.05, 4.69) is 15.9 Å². The van der Waals surface area contributed by atoms with E-state index in [1.165, 1.54) is 0 Å². The minimum atomic E-state index is -3.32. The molecule has 1 aliphatic rings. The first-order valence-corrected chi connectivity index (χ1v) is 10.8. The van der Waals surface area contributed by atoms with Crippen molar-refractivity contribution >= 4 is 43.3 Å². The van der Waals surface area contributed by atoms with Gasteiger partial charge < -0.3 is 4.90 Å². The highest BCUT2D eigenvalue weighted by Gasteiger charge is 2.33. The maximum Gasteiger partial charge on any atom is 0.255 e. The molecule has 25 heavy (non-hydrogen) atoms. The number of hydrogen-bond donors (Lipinski definition) is 0. The van der Waals surface area contributed by atoms with Crippen LogP contribution in [0.3, 0.4) is 0 Å². The van der Waals surface area contributed by atoms with Crippen LogP contribution < -0.4 is 0 Å². The summed E-state index contributed by atoms with van der Waals surface area (Å²) in [7, 11) is -3.32. The Morgan fingerprint density at radius 2 is 1.84 bits per heavy atom. The molecule has 3 rings (SSSR count). The van der Waals surface area contributed by atoms with Crippen LogP contribution >= 0.6 is 27.5 Å². The molecule has 0 aliphatic carbocycles. The van der Waals surface area contributed by atoms with Gasteiger partial charge in [-0.05, 0) is 30.2 Å². The first-order valence-electron chi connectivity index (χ1n) is 7.89. The summed E-state index contributed by atoms with van der Waals surface area (Å²) in [6.07, 6.45) is 0.379. The van der Waals surface area contributed by atoms with Gasteiger partial charge in [0.15, 0.2) is 9.84 Å². The molecule has 2 aromatic rings. The molecule has 1 saturated heterocycles. The molecule has 1 unspecified atom stereocenters. The molecule has 7 heteroatoms. The third-order valence-electron chi connectivity index (χ3n) is 4.36. The lowest BCUT2D eigenvalue weighted by molar-refractivity contribution is 0.0766. The van der Waals surface area contributed by atoms with Gasteiger partial charge in [0.2, 0.25) is 0 Å². The van der Waals surface area contributed by atoms with E-state index >= 15 is 0 Å². The van der Waals surface area contributed by atoms with Crippen LogP contribution in [0.25, 0.3) is 0 Å². The fraction of sp³-hybridized carbons (Fsp3) is 0.278. The Labute approximate surface area is 160 Å². The highest BCUT2D eigenvalue weighted by Crippen LogP contribution is 2.30. The van der Waals surface area contributed by atoms with Crippen LogP contribution in [-0.4, -0.2) is 38.1 Å². The SMILES string of the molecule is O=C(c1cc(Br)ccc1Cl)N1CCC(c2ccccc2)S(=O)(=O)CC1. The zero-order valence-electron chi connectivity index (χ0n) is 13.4. The Bertz CT molecular complexity index is 886. The van der Waals surface area contributed by atoms with Crippen molar-refractivity contribution in [1.29, 1.82) is 0 Å². The van der Waals surface area contributed by atoms with Crippen molar-refractivity contribution in [2.45, 2.75) is 11.7 Å². The van der Waals surface area contributed by atoms with Gasteiger partial charge in [-0.3, -0.25) is 4.79 Å². The third kappa shape index (κ3) is 4.07. The number of carbonyl (C=O) groups is 1. The van der Waals surface area contributed by atoms with Crippen molar-refractivity contribution in [3.05, 3.63) is 69.2 Å². The Balaban J connectivity index is 1.85. The van der Waals surface area contributed by atoms with Crippen LogP contribution in [-0.2, 0) is 9.84 Å². The van der Waals surface area contributed by atoms with Gasteiger partial charge in [0.1, 0.15) is 0 Å². The number of amides is 1. The molecule has 0 aromatic heterocycles. The molecule has 4 nitrogen and oxygen atoms in total. The molecule has 1 heterocycles. The van der Waals surface area contributed by atoms with E-state index in [1.807, 2.05) is 30.3 Å². The van der Waals surface area contributed by atoms with Crippen LogP contribution in [0.1, 0.15) is 27.6 Å². The molecule has 0 radical (unpaired) electrons. The summed E-state index contributed by atoms with van der Waals surface area (Å²) in [6, 6.07) is 14.3. The fourth-order valence-electron chi connectivity index (χ4n) is 3.02. The van der Waals surface area contributed by atoms with Gasteiger partial charge in [0.25, 0.3) is 5.91 Å². The average molecular weight is 443 g/mol. The second-order valence-corrected chi connectivity index (χ2v) is 9.60. The number of hydrogen-bond acceptors (Lipinski definition) is 3. The first-order chi connectivity index (χ1) is 11.9. The van der Waals surface area contributed by atoms with Gasteiger partial charge in [-0.1, -0.05) is 57.9 Å². The van der Waals surface area contributed by atoms with Crippen LogP contribution in [0.2, 0.25) is 5.02 Å². The number of benzene rings is 2. The Kier molecular flexibility index (Phi) is 5.51. The van der Waals surface area contributed by atoms with E-state index < -0.39 is 15.1 Å². The van der Waals surface area contributed by atoms with Crippen LogP contribution in [0.15, 0.2) is 53.0 Å². The summed E-state index contributed by atoms with van der Waals surface area (Å²) in [6.45, 7) is 0.549. The number of nitrogens with zero attached hydrogens (tertiary/aromatic N) is 1. The summed E-state index contributed by atoms with van der Waals surface area (Å²) in [5, 5.41) is -0.218. The highest BCUT2D eigenvalue weighted by molar-refractivity contribution is 9.10. The van der Waals surface area contributed by atoms with E-state index in [0.29, 0.717) is 23.6 Å². The molecule has 2 aromatic carbocycles. The second kappa shape index (κ2) is 7.48. The van der Waals surface area contributed by atoms with E-state index in [4.69, 9.17) is 11.6 Å². The van der Waals surface area contributed by atoms with Crippen molar-refractivity contribution in [2.75, 3.05) is 18.8 Å². The number of rotatable bonds is 2. The normalized spacial score (nSPS) is 20.1. The number of halogens is 2. The van der Waals surface area contributed by atoms with Crippen molar-refractivity contribution in [3.63, 3.8) is 0 Å². The van der Waals surface area contributed by atoms with E-state index in [-0.39, 0.29) is 18.2 Å². The Morgan fingerprint density at radius 1 is 1.12 bits per heavy atom. The second-order valence-electron chi connectivity index (χ2n) is 5.97. The van der Waals surface area contributed by atoms with Gasteiger partial charge >= 0.3 is 0 Å². The van der Waals surface area contributed by atoms with Crippen molar-refractivity contribution in [2.24, 2.45) is 0 Å². The molecule has 0 N–H and O–H groups in total. The summed E-state index contributed by atoms with van der Waals surface area (Å²) < 4.78 is 26.1. The monoisotopic (exact) mass is 441 g/mol. The predicted octanol–water partition coefficient (Wildman–Crippen LogP) is 4.10. The largest absolute Gasteiger partial charge is 0.338 e. The molecule has 0 bridgehead atoms. The molecular weight excluding hydrogens is 426 g/mol. The standard InChI is InChI=1S/C18H17BrClNO3S/c19-14-6-7-16(20)15(12-14)18(22)21-9-8-17(25(23,24)11-10-21)13-4-2-1-3-5-13/h1-7,12,17H,8-11H2. The average Bonchev–Trinajstić information content (AvgIpc) is 2.75. The van der Waals surface area contributed by atoms with Crippen LogP contribution in [0.5, 0.6) is 0 Å². The van der Waals surface area contributed by atoms with Crippen molar-refractivity contribution < 1.29 is 13.2 Å². The lowest BCUT2D eigenvalue weighted by Gasteiger charge is -2.20. The lowest BCUT2D eigenvalue weighted by atomic mass is 10.1. The van der Waals surface area contributed by atoms with Gasteiger partial charge in [-0.15, -0.1) is 0 Å². The van der Waals surface area contributed by atoms with E-state index in [9.17, 15) is 13.2 Å². The number of sulfone groups is 1. The van der Waals surface area contributed by atoms with Gasteiger partial charge in [-0.25, -0.2) is 8.42 Å². The van der Waals surface area contributed by atoms with Crippen molar-refractivity contribution in [3.8, 4) is 0 Å². The number of carbonyl (C=O) groups excluding carboxylic acids is 1. The van der Waals surface area contributed by atoms with Gasteiger partial charge in [0, 0.05) is 17.6 Å². The highest BCUT2D eigenvalue weighted by atomic mass is 79.9. The summed E-state index contributed by atoms with van der Waals surface area (Å²) in [5.41, 5.74) is 1.16. The first kappa shape index (κ1) is 18.4. The van der Waals surface area contributed by atoms with Crippen LogP contribution in [0, 0.1) is 0 Å². The minimum absolute atomic E-state index is 0.0517. The molecule has 1 atom stereocenters. The molecule has 1 fully saturated rings. The quantitative estimate of drug-likeness (QED) is 0.703. The predicted molar refractivity (Wildman–Crippen MR) is 103 cm³/mol. The lowest BCUT2D eigenvalue weighted by Crippen LogP contribution is -2.33. The topological polar surface area (TPSA) is 54.5 Å². The molecule has 0 saturated carbocycles. The zero-order chi connectivity index (χ0) is 18.0. The Morgan fingerprint density at radius 3 is 2.56 bits per heavy atom. The van der Waals surface area contributed by atoms with Crippen LogP contribution in [0.4, 0.5) is 0 Å². The molecule has 0 spiro atoms.